The van der Waals surface area contributed by atoms with Crippen molar-refractivity contribution in [3.05, 3.63) is 0 Å². The van der Waals surface area contributed by atoms with Crippen molar-refractivity contribution in [3.8, 4) is 0 Å². The van der Waals surface area contributed by atoms with Crippen molar-refractivity contribution in [1.82, 2.24) is 0 Å². The van der Waals surface area contributed by atoms with E-state index in [4.69, 9.17) is 14.2 Å². The van der Waals surface area contributed by atoms with Crippen LogP contribution in [0.1, 0.15) is 25.7 Å². The summed E-state index contributed by atoms with van der Waals surface area (Å²) in [6.07, 6.45) is 5.92. The summed E-state index contributed by atoms with van der Waals surface area (Å²) in [6, 6.07) is 0. The first-order valence-corrected chi connectivity index (χ1v) is 9.31. The molecule has 0 aromatic heterocycles. The minimum absolute atomic E-state index is 0.385. The summed E-state index contributed by atoms with van der Waals surface area (Å²) in [4.78, 5) is 0. The van der Waals surface area contributed by atoms with Crippen molar-refractivity contribution in [3.63, 3.8) is 0 Å². The lowest BCUT2D eigenvalue weighted by molar-refractivity contribution is 0.102. The third kappa shape index (κ3) is 3.74. The Morgan fingerprint density at radius 2 is 1.43 bits per heavy atom. The van der Waals surface area contributed by atoms with Crippen LogP contribution < -0.4 is 0 Å². The third-order valence-electron chi connectivity index (χ3n) is 6.61. The van der Waals surface area contributed by atoms with Crippen LogP contribution in [0.25, 0.3) is 0 Å². The van der Waals surface area contributed by atoms with Crippen molar-refractivity contribution in [2.24, 2.45) is 35.5 Å². The molecule has 2 N–H and O–H groups in total. The molecular weight excluding hydrogens is 296 g/mol. The van der Waals surface area contributed by atoms with E-state index in [0.29, 0.717) is 37.3 Å². The Morgan fingerprint density at radius 3 is 2.00 bits per heavy atom. The smallest absolute Gasteiger partial charge is 0.104 e. The molecule has 3 saturated carbocycles. The maximum Gasteiger partial charge on any atom is 0.104 e. The first-order chi connectivity index (χ1) is 11.3. The van der Waals surface area contributed by atoms with Gasteiger partial charge in [0.05, 0.1) is 26.4 Å². The van der Waals surface area contributed by atoms with Gasteiger partial charge in [-0.1, -0.05) is 0 Å². The zero-order valence-electron chi connectivity index (χ0n) is 13.8. The van der Waals surface area contributed by atoms with Gasteiger partial charge in [0.2, 0.25) is 0 Å². The molecule has 5 nitrogen and oxygen atoms in total. The average Bonchev–Trinajstić information content (AvgIpc) is 3.45. The van der Waals surface area contributed by atoms with E-state index in [1.807, 2.05) is 0 Å². The number of epoxide rings is 2. The van der Waals surface area contributed by atoms with E-state index in [1.165, 1.54) is 25.7 Å². The van der Waals surface area contributed by atoms with Crippen molar-refractivity contribution >= 4 is 0 Å². The topological polar surface area (TPSA) is 74.8 Å². The second kappa shape index (κ2) is 6.96. The van der Waals surface area contributed by atoms with Gasteiger partial charge in [0.25, 0.3) is 0 Å². The Morgan fingerprint density at radius 1 is 0.783 bits per heavy atom. The van der Waals surface area contributed by atoms with Crippen molar-refractivity contribution in [2.45, 2.75) is 37.9 Å². The molecule has 132 valence electrons. The number of aliphatic hydroxyl groups is 2. The maximum absolute atomic E-state index is 9.28. The van der Waals surface area contributed by atoms with Crippen molar-refractivity contribution < 1.29 is 24.4 Å². The molecule has 5 fully saturated rings. The lowest BCUT2D eigenvalue weighted by atomic mass is 9.76. The van der Waals surface area contributed by atoms with Crippen LogP contribution in [0.2, 0.25) is 0 Å². The number of aliphatic hydroxyl groups excluding tert-OH is 2. The number of hydrogen-bond donors (Lipinski definition) is 2. The van der Waals surface area contributed by atoms with Crippen LogP contribution in [0.4, 0.5) is 0 Å². The molecular formula is C18H30O5. The van der Waals surface area contributed by atoms with Gasteiger partial charge in [0.1, 0.15) is 12.2 Å². The first kappa shape index (κ1) is 16.3. The predicted octanol–water partition coefficient (Wildman–Crippen LogP) is 1.07. The molecule has 5 heteroatoms. The Labute approximate surface area is 138 Å². The molecule has 8 atom stereocenters. The SMILES string of the molecule is C(OCC1CO1)C1CO1.OCC1CC2C3CC(CO)C(C3)C2C1. The summed E-state index contributed by atoms with van der Waals surface area (Å²) < 4.78 is 15.1. The maximum atomic E-state index is 9.28. The minimum atomic E-state index is 0.385. The zero-order chi connectivity index (χ0) is 15.8. The molecule has 2 saturated heterocycles. The molecule has 8 unspecified atom stereocenters. The highest BCUT2D eigenvalue weighted by Gasteiger charge is 2.55. The van der Waals surface area contributed by atoms with E-state index in [2.05, 4.69) is 0 Å². The van der Waals surface area contributed by atoms with Crippen molar-refractivity contribution in [1.29, 1.82) is 0 Å². The Kier molecular flexibility index (Phi) is 4.93. The lowest BCUT2D eigenvalue weighted by Gasteiger charge is -2.30. The fourth-order valence-corrected chi connectivity index (χ4v) is 5.34. The molecule has 5 aliphatic rings. The Bertz CT molecular complexity index is 381. The van der Waals surface area contributed by atoms with Crippen LogP contribution in [0, 0.1) is 35.5 Å². The third-order valence-corrected chi connectivity index (χ3v) is 6.61. The molecule has 5 rings (SSSR count). The van der Waals surface area contributed by atoms with Crippen LogP contribution in [0.3, 0.4) is 0 Å². The highest BCUT2D eigenvalue weighted by molar-refractivity contribution is 5.04. The summed E-state index contributed by atoms with van der Waals surface area (Å²) in [5.41, 5.74) is 0. The van der Waals surface area contributed by atoms with E-state index in [9.17, 15) is 10.2 Å². The highest BCUT2D eigenvalue weighted by atomic mass is 16.6. The quantitative estimate of drug-likeness (QED) is 0.714. The van der Waals surface area contributed by atoms with Crippen LogP contribution in [-0.4, -0.2) is 62.1 Å². The summed E-state index contributed by atoms with van der Waals surface area (Å²) in [6.45, 7) is 4.04. The normalized spacial score (nSPS) is 48.8. The number of fused-ring (bicyclic) bond motifs is 5. The van der Waals surface area contributed by atoms with Crippen LogP contribution in [0.5, 0.6) is 0 Å². The average molecular weight is 326 g/mol. The monoisotopic (exact) mass is 326 g/mol. The van der Waals surface area contributed by atoms with Gasteiger partial charge in [-0.25, -0.2) is 0 Å². The molecule has 23 heavy (non-hydrogen) atoms. The number of rotatable bonds is 6. The molecule has 0 aromatic carbocycles. The standard InChI is InChI=1S/C12H20O2.C6H10O3/c13-5-7-1-10-8-3-9(6-14)11(4-8)12(10)2-7;1(5-3-8-5)7-2-6-4-9-6/h7-14H,1-6H2;5-6H,1-4H2. The van der Waals surface area contributed by atoms with E-state index in [1.54, 1.807) is 0 Å². The van der Waals surface area contributed by atoms with Crippen LogP contribution >= 0.6 is 0 Å². The highest BCUT2D eigenvalue weighted by Crippen LogP contribution is 2.61. The van der Waals surface area contributed by atoms with Gasteiger partial charge >= 0.3 is 0 Å². The van der Waals surface area contributed by atoms with Gasteiger partial charge in [-0.3, -0.25) is 0 Å². The van der Waals surface area contributed by atoms with Gasteiger partial charge in [-0.2, -0.15) is 0 Å². The summed E-state index contributed by atoms with van der Waals surface area (Å²) in [7, 11) is 0. The first-order valence-electron chi connectivity index (χ1n) is 9.31. The number of hydrogen-bond acceptors (Lipinski definition) is 5. The van der Waals surface area contributed by atoms with Gasteiger partial charge < -0.3 is 24.4 Å². The molecule has 0 amide bonds. The Balaban J connectivity index is 0.000000130. The van der Waals surface area contributed by atoms with Crippen LogP contribution in [0.15, 0.2) is 0 Å². The molecule has 2 heterocycles. The summed E-state index contributed by atoms with van der Waals surface area (Å²) >= 11 is 0. The second-order valence-electron chi connectivity index (χ2n) is 8.13. The van der Waals surface area contributed by atoms with Crippen LogP contribution in [-0.2, 0) is 14.2 Å². The molecule has 3 aliphatic carbocycles. The van der Waals surface area contributed by atoms with Gasteiger partial charge in [0.15, 0.2) is 0 Å². The predicted molar refractivity (Wildman–Crippen MR) is 83.9 cm³/mol. The molecule has 2 aliphatic heterocycles. The zero-order valence-corrected chi connectivity index (χ0v) is 13.8. The van der Waals surface area contributed by atoms with E-state index in [0.717, 1.165) is 50.1 Å². The molecule has 0 spiro atoms. The molecule has 0 aromatic rings. The van der Waals surface area contributed by atoms with Gasteiger partial charge in [0, 0.05) is 13.2 Å². The largest absolute Gasteiger partial charge is 0.396 e. The van der Waals surface area contributed by atoms with E-state index < -0.39 is 0 Å². The van der Waals surface area contributed by atoms with E-state index >= 15 is 0 Å². The van der Waals surface area contributed by atoms with Gasteiger partial charge in [-0.05, 0) is 61.2 Å². The fraction of sp³-hybridized carbons (Fsp3) is 1.00. The summed E-state index contributed by atoms with van der Waals surface area (Å²) in [5.74, 6) is 4.61. The van der Waals surface area contributed by atoms with E-state index in [-0.39, 0.29) is 0 Å². The summed E-state index contributed by atoms with van der Waals surface area (Å²) in [5, 5.41) is 18.5. The molecule has 0 radical (unpaired) electrons. The molecule has 2 bridgehead atoms. The second-order valence-corrected chi connectivity index (χ2v) is 8.13. The lowest BCUT2D eigenvalue weighted by Crippen LogP contribution is -2.26. The number of ether oxygens (including phenoxy) is 3. The fourth-order valence-electron chi connectivity index (χ4n) is 5.34. The minimum Gasteiger partial charge on any atom is -0.396 e. The van der Waals surface area contributed by atoms with Gasteiger partial charge in [-0.15, -0.1) is 0 Å². The van der Waals surface area contributed by atoms with Crippen molar-refractivity contribution in [2.75, 3.05) is 39.6 Å². The Hall–Kier alpha value is -0.200.